The maximum absolute atomic E-state index is 10.9. The van der Waals surface area contributed by atoms with E-state index < -0.39 is 18.6 Å². The number of carbonyl (C=O) groups excluding carboxylic acids is 1. The van der Waals surface area contributed by atoms with Gasteiger partial charge in [-0.15, -0.1) is 0 Å². The normalized spacial score (nSPS) is 12.5. The largest absolute Gasteiger partial charge is 0.393 e. The second kappa shape index (κ2) is 9.85. The molecule has 0 saturated carbocycles. The van der Waals surface area contributed by atoms with Crippen molar-refractivity contribution >= 4 is 5.91 Å². The van der Waals surface area contributed by atoms with Gasteiger partial charge in [-0.2, -0.15) is 0 Å². The Morgan fingerprint density at radius 2 is 2.00 bits per heavy atom. The van der Waals surface area contributed by atoms with Gasteiger partial charge in [-0.05, 0) is 6.92 Å². The first-order valence-electron chi connectivity index (χ1n) is 4.94. The van der Waals surface area contributed by atoms with Gasteiger partial charge in [0.2, 0.25) is 0 Å². The molecule has 0 aliphatic carbocycles. The molecule has 15 heavy (non-hydrogen) atoms. The van der Waals surface area contributed by atoms with E-state index in [-0.39, 0.29) is 0 Å². The van der Waals surface area contributed by atoms with E-state index in [0.717, 1.165) is 0 Å². The second-order valence-corrected chi connectivity index (χ2v) is 2.80. The first-order chi connectivity index (χ1) is 7.22. The van der Waals surface area contributed by atoms with Crippen molar-refractivity contribution in [3.05, 3.63) is 0 Å². The van der Waals surface area contributed by atoms with E-state index in [0.29, 0.717) is 33.0 Å². The van der Waals surface area contributed by atoms with Gasteiger partial charge in [0, 0.05) is 13.2 Å². The fourth-order valence-corrected chi connectivity index (χ4v) is 0.811. The molecule has 0 heterocycles. The third-order valence-electron chi connectivity index (χ3n) is 1.60. The predicted octanol–water partition coefficient (Wildman–Crippen LogP) is -1.49. The van der Waals surface area contributed by atoms with Gasteiger partial charge in [-0.25, -0.2) is 0 Å². The van der Waals surface area contributed by atoms with Crippen molar-refractivity contribution in [2.24, 2.45) is 0 Å². The van der Waals surface area contributed by atoms with Crippen molar-refractivity contribution in [2.75, 3.05) is 39.6 Å². The molecular weight excluding hydrogens is 202 g/mol. The van der Waals surface area contributed by atoms with Gasteiger partial charge in [-0.1, -0.05) is 0 Å². The van der Waals surface area contributed by atoms with Gasteiger partial charge in [0.15, 0.2) is 6.10 Å². The number of nitrogens with one attached hydrogen (secondary N) is 1. The maximum Gasteiger partial charge on any atom is 0.251 e. The third kappa shape index (κ3) is 8.31. The number of amides is 1. The number of ether oxygens (including phenoxy) is 2. The van der Waals surface area contributed by atoms with Crippen molar-refractivity contribution in [3.63, 3.8) is 0 Å². The number of hydrogen-bond donors (Lipinski definition) is 3. The Morgan fingerprint density at radius 1 is 1.33 bits per heavy atom. The van der Waals surface area contributed by atoms with Crippen LogP contribution in [-0.4, -0.2) is 61.8 Å². The standard InChI is InChI=1S/C9H19NO5/c1-2-14-5-6-15-4-3-10-9(13)8(12)7-11/h8,11-12H,2-7H2,1H3,(H,10,13). The van der Waals surface area contributed by atoms with E-state index in [9.17, 15) is 4.79 Å². The fraction of sp³-hybridized carbons (Fsp3) is 0.889. The molecule has 0 spiro atoms. The Morgan fingerprint density at radius 3 is 2.60 bits per heavy atom. The van der Waals surface area contributed by atoms with E-state index in [1.165, 1.54) is 0 Å². The van der Waals surface area contributed by atoms with Gasteiger partial charge in [0.25, 0.3) is 5.91 Å². The summed E-state index contributed by atoms with van der Waals surface area (Å²) in [6, 6.07) is 0. The molecule has 0 rings (SSSR count). The van der Waals surface area contributed by atoms with Gasteiger partial charge < -0.3 is 25.0 Å². The molecule has 6 heteroatoms. The van der Waals surface area contributed by atoms with Gasteiger partial charge in [-0.3, -0.25) is 4.79 Å². The van der Waals surface area contributed by atoms with Gasteiger partial charge in [0.05, 0.1) is 26.4 Å². The average Bonchev–Trinajstić information content (AvgIpc) is 2.26. The number of aliphatic hydroxyl groups excluding tert-OH is 2. The minimum absolute atomic E-state index is 0.308. The number of carbonyl (C=O) groups is 1. The van der Waals surface area contributed by atoms with Crippen molar-refractivity contribution in [3.8, 4) is 0 Å². The average molecular weight is 221 g/mol. The molecule has 0 fully saturated rings. The molecule has 1 unspecified atom stereocenters. The Bertz CT molecular complexity index is 165. The Balaban J connectivity index is 3.20. The smallest absolute Gasteiger partial charge is 0.251 e. The van der Waals surface area contributed by atoms with E-state index in [1.807, 2.05) is 6.92 Å². The lowest BCUT2D eigenvalue weighted by atomic mass is 10.3. The highest BCUT2D eigenvalue weighted by molar-refractivity contribution is 5.80. The topological polar surface area (TPSA) is 88.0 Å². The van der Waals surface area contributed by atoms with E-state index in [1.54, 1.807) is 0 Å². The maximum atomic E-state index is 10.9. The van der Waals surface area contributed by atoms with E-state index >= 15 is 0 Å². The molecule has 1 amide bonds. The number of hydrogen-bond acceptors (Lipinski definition) is 5. The third-order valence-corrected chi connectivity index (χ3v) is 1.60. The van der Waals surface area contributed by atoms with Crippen molar-refractivity contribution in [1.29, 1.82) is 0 Å². The zero-order valence-electron chi connectivity index (χ0n) is 8.94. The molecule has 0 aromatic carbocycles. The zero-order chi connectivity index (χ0) is 11.5. The molecular formula is C9H19NO5. The molecule has 0 bridgehead atoms. The quantitative estimate of drug-likeness (QED) is 0.413. The SMILES string of the molecule is CCOCCOCCNC(=O)C(O)CO. The van der Waals surface area contributed by atoms with Crippen molar-refractivity contribution in [1.82, 2.24) is 5.32 Å². The van der Waals surface area contributed by atoms with Gasteiger partial charge >= 0.3 is 0 Å². The van der Waals surface area contributed by atoms with Crippen molar-refractivity contribution < 1.29 is 24.5 Å². The van der Waals surface area contributed by atoms with E-state index in [2.05, 4.69) is 5.32 Å². The van der Waals surface area contributed by atoms with Crippen LogP contribution >= 0.6 is 0 Å². The summed E-state index contributed by atoms with van der Waals surface area (Å²) in [5.74, 6) is -0.592. The van der Waals surface area contributed by atoms with Crippen LogP contribution in [0.5, 0.6) is 0 Å². The predicted molar refractivity (Wildman–Crippen MR) is 53.4 cm³/mol. The Hall–Kier alpha value is -0.690. The number of aliphatic hydroxyl groups is 2. The highest BCUT2D eigenvalue weighted by Crippen LogP contribution is 1.81. The van der Waals surface area contributed by atoms with Crippen LogP contribution in [0.1, 0.15) is 6.92 Å². The van der Waals surface area contributed by atoms with Crippen LogP contribution in [-0.2, 0) is 14.3 Å². The lowest BCUT2D eigenvalue weighted by molar-refractivity contribution is -0.131. The summed E-state index contributed by atoms with van der Waals surface area (Å²) in [6.07, 6.45) is -1.35. The highest BCUT2D eigenvalue weighted by Gasteiger charge is 2.11. The molecule has 0 radical (unpaired) electrons. The second-order valence-electron chi connectivity index (χ2n) is 2.80. The summed E-state index contributed by atoms with van der Waals surface area (Å²) in [5.41, 5.74) is 0. The number of rotatable bonds is 9. The minimum Gasteiger partial charge on any atom is -0.393 e. The molecule has 0 aromatic rings. The molecule has 6 nitrogen and oxygen atoms in total. The van der Waals surface area contributed by atoms with Crippen LogP contribution in [0.25, 0.3) is 0 Å². The lowest BCUT2D eigenvalue weighted by Gasteiger charge is -2.09. The van der Waals surface area contributed by atoms with Crippen LogP contribution in [0, 0.1) is 0 Å². The molecule has 90 valence electrons. The summed E-state index contributed by atoms with van der Waals surface area (Å²) >= 11 is 0. The Labute approximate surface area is 89.2 Å². The first-order valence-corrected chi connectivity index (χ1v) is 4.94. The van der Waals surface area contributed by atoms with Gasteiger partial charge in [0.1, 0.15) is 0 Å². The van der Waals surface area contributed by atoms with Crippen LogP contribution < -0.4 is 5.32 Å². The summed E-state index contributed by atoms with van der Waals surface area (Å²) in [6.45, 7) is 3.66. The van der Waals surface area contributed by atoms with Crippen LogP contribution in [0.3, 0.4) is 0 Å². The van der Waals surface area contributed by atoms with Crippen LogP contribution in [0.15, 0.2) is 0 Å². The van der Waals surface area contributed by atoms with E-state index in [4.69, 9.17) is 19.7 Å². The van der Waals surface area contributed by atoms with Crippen LogP contribution in [0.2, 0.25) is 0 Å². The lowest BCUT2D eigenvalue weighted by Crippen LogP contribution is -2.38. The minimum atomic E-state index is -1.35. The molecule has 0 aliphatic rings. The molecule has 0 aliphatic heterocycles. The summed E-state index contributed by atoms with van der Waals surface area (Å²) < 4.78 is 10.1. The molecule has 1 atom stereocenters. The summed E-state index contributed by atoms with van der Waals surface area (Å²) in [7, 11) is 0. The van der Waals surface area contributed by atoms with Crippen molar-refractivity contribution in [2.45, 2.75) is 13.0 Å². The summed E-state index contributed by atoms with van der Waals surface area (Å²) in [4.78, 5) is 10.9. The Kier molecular flexibility index (Phi) is 9.40. The molecule has 0 aromatic heterocycles. The monoisotopic (exact) mass is 221 g/mol. The molecule has 0 saturated heterocycles. The van der Waals surface area contributed by atoms with Crippen LogP contribution in [0.4, 0.5) is 0 Å². The summed E-state index contributed by atoms with van der Waals surface area (Å²) in [5, 5.41) is 19.7. The zero-order valence-corrected chi connectivity index (χ0v) is 8.94. The fourth-order valence-electron chi connectivity index (χ4n) is 0.811. The first kappa shape index (κ1) is 14.3. The molecule has 3 N–H and O–H groups in total. The highest BCUT2D eigenvalue weighted by atomic mass is 16.5.